The summed E-state index contributed by atoms with van der Waals surface area (Å²) in [5.74, 6) is -6.61. The lowest BCUT2D eigenvalue weighted by molar-refractivity contribution is -0.349. The Morgan fingerprint density at radius 2 is 1.46 bits per heavy atom. The molecule has 390 valence electrons. The number of carboxylic acids is 3. The number of carbonyl (C=O) groups is 5. The predicted molar refractivity (Wildman–Crippen MR) is 233 cm³/mol. The smallest absolute Gasteiger partial charge is 0.335 e. The molecule has 21 nitrogen and oxygen atoms in total. The Kier molecular flexibility index (Phi) is 14.8. The molecule has 2 heterocycles. The van der Waals surface area contributed by atoms with Crippen molar-refractivity contribution in [3.8, 4) is 0 Å². The standard InChI is InChI=1S/C48H72O21/c1-43(2)12-14-48(42(63)69-40-34(58)31(55)30(54)25(19-49)65-40)15-13-46(6)21(22(48)18-43)16-23(50)37-45(5)10-9-27(44(3,4)26(45)8-11-47(37,46)7)66-41-36(33(57)32(56)35(68-41)39(61)62)67-29(64-20-28(52)53)17-24(51)38(59)60/h16,22,24-27,29-37,40-41,49,51,54-58H,8-15,17-20H2,1-7H3,(H,52,53)(H,59,60)(H,61,62)/t22?,24-,25-,26?,27+,29+,30-,31+,32+,33+,34-,35+,36-,37?,40+,41-,45+,46-,47-,48-/m1/s1. The second-order valence-corrected chi connectivity index (χ2v) is 23.0. The summed E-state index contributed by atoms with van der Waals surface area (Å²) in [4.78, 5) is 65.1. The Bertz CT molecular complexity index is 2020. The van der Waals surface area contributed by atoms with Crippen LogP contribution in [0, 0.1) is 50.2 Å². The van der Waals surface area contributed by atoms with Crippen LogP contribution in [0.3, 0.4) is 0 Å². The van der Waals surface area contributed by atoms with E-state index in [4.69, 9.17) is 28.4 Å². The second kappa shape index (κ2) is 19.0. The minimum Gasteiger partial charge on any atom is -0.480 e. The van der Waals surface area contributed by atoms with Crippen LogP contribution in [0.15, 0.2) is 11.6 Å². The van der Waals surface area contributed by atoms with Gasteiger partial charge in [-0.25, -0.2) is 14.4 Å². The highest BCUT2D eigenvalue weighted by Crippen LogP contribution is 2.75. The third kappa shape index (κ3) is 9.08. The zero-order valence-electron chi connectivity index (χ0n) is 40.3. The first-order valence-corrected chi connectivity index (χ1v) is 24.1. The van der Waals surface area contributed by atoms with Crippen LogP contribution < -0.4 is 0 Å². The first-order valence-electron chi connectivity index (χ1n) is 24.1. The lowest BCUT2D eigenvalue weighted by atomic mass is 9.33. The molecule has 0 aromatic rings. The van der Waals surface area contributed by atoms with Crippen LogP contribution in [0.5, 0.6) is 0 Å². The molecule has 69 heavy (non-hydrogen) atoms. The molecule has 2 aliphatic heterocycles. The molecule has 20 atom stereocenters. The second-order valence-electron chi connectivity index (χ2n) is 23.0. The zero-order chi connectivity index (χ0) is 51.1. The first kappa shape index (κ1) is 53.6. The Morgan fingerprint density at radius 1 is 0.797 bits per heavy atom. The Labute approximate surface area is 400 Å². The Balaban J connectivity index is 1.17. The molecule has 7 rings (SSSR count). The maximum atomic E-state index is 15.2. The molecule has 2 saturated heterocycles. The van der Waals surface area contributed by atoms with Crippen molar-refractivity contribution in [1.82, 2.24) is 0 Å². The predicted octanol–water partition coefficient (Wildman–Crippen LogP) is 0.875. The maximum Gasteiger partial charge on any atom is 0.335 e. The van der Waals surface area contributed by atoms with Crippen molar-refractivity contribution in [2.24, 2.45) is 50.2 Å². The summed E-state index contributed by atoms with van der Waals surface area (Å²) in [6, 6.07) is 0. The largest absolute Gasteiger partial charge is 0.480 e. The highest BCUT2D eigenvalue weighted by atomic mass is 16.8. The van der Waals surface area contributed by atoms with Gasteiger partial charge in [0, 0.05) is 12.3 Å². The van der Waals surface area contributed by atoms with E-state index < -0.39 is 162 Å². The number of aliphatic carboxylic acids is 3. The molecule has 0 radical (unpaired) electrons. The summed E-state index contributed by atoms with van der Waals surface area (Å²) < 4.78 is 34.9. The van der Waals surface area contributed by atoms with Crippen molar-refractivity contribution in [3.63, 3.8) is 0 Å². The average molecular weight is 985 g/mol. The van der Waals surface area contributed by atoms with Gasteiger partial charge in [-0.15, -0.1) is 0 Å². The molecule has 5 aliphatic carbocycles. The molecule has 4 saturated carbocycles. The van der Waals surface area contributed by atoms with Crippen LogP contribution in [-0.4, -0.2) is 174 Å². The summed E-state index contributed by atoms with van der Waals surface area (Å²) in [6.45, 7) is 13.0. The number of ether oxygens (including phenoxy) is 6. The fourth-order valence-electron chi connectivity index (χ4n) is 14.3. The van der Waals surface area contributed by atoms with Gasteiger partial charge in [-0.1, -0.05) is 54.0 Å². The highest BCUT2D eigenvalue weighted by Gasteiger charge is 2.72. The van der Waals surface area contributed by atoms with E-state index in [1.165, 1.54) is 0 Å². The van der Waals surface area contributed by atoms with Crippen molar-refractivity contribution >= 4 is 29.7 Å². The summed E-state index contributed by atoms with van der Waals surface area (Å²) >= 11 is 0. The number of aliphatic hydroxyl groups is 7. The molecule has 7 aliphatic rings. The average Bonchev–Trinajstić information content (AvgIpc) is 3.26. The van der Waals surface area contributed by atoms with Crippen LogP contribution >= 0.6 is 0 Å². The van der Waals surface area contributed by atoms with Crippen LogP contribution in [-0.2, 0) is 52.4 Å². The van der Waals surface area contributed by atoms with Gasteiger partial charge in [-0.2, -0.15) is 0 Å². The summed E-state index contributed by atoms with van der Waals surface area (Å²) in [5, 5.41) is 102. The number of fused-ring (bicyclic) bond motifs is 7. The van der Waals surface area contributed by atoms with Crippen molar-refractivity contribution in [2.75, 3.05) is 13.2 Å². The molecule has 21 heteroatoms. The van der Waals surface area contributed by atoms with Gasteiger partial charge < -0.3 is 79.5 Å². The van der Waals surface area contributed by atoms with Gasteiger partial charge in [0.25, 0.3) is 0 Å². The van der Waals surface area contributed by atoms with Gasteiger partial charge >= 0.3 is 23.9 Å². The number of esters is 1. The molecular formula is C48H72O21. The van der Waals surface area contributed by atoms with E-state index in [-0.39, 0.29) is 17.1 Å². The van der Waals surface area contributed by atoms with Gasteiger partial charge in [-0.3, -0.25) is 9.59 Å². The molecule has 6 fully saturated rings. The minimum absolute atomic E-state index is 0.0738. The van der Waals surface area contributed by atoms with Crippen LogP contribution in [0.1, 0.15) is 113 Å². The van der Waals surface area contributed by atoms with Crippen molar-refractivity contribution in [3.05, 3.63) is 11.6 Å². The Morgan fingerprint density at radius 3 is 2.09 bits per heavy atom. The third-order valence-electron chi connectivity index (χ3n) is 18.3. The van der Waals surface area contributed by atoms with Crippen molar-refractivity contribution < 1.29 is 103 Å². The topological polar surface area (TPSA) is 343 Å². The number of carbonyl (C=O) groups excluding carboxylic acids is 2. The van der Waals surface area contributed by atoms with E-state index in [2.05, 4.69) is 34.6 Å². The van der Waals surface area contributed by atoms with E-state index in [1.54, 1.807) is 6.08 Å². The van der Waals surface area contributed by atoms with E-state index in [0.29, 0.717) is 57.8 Å². The molecule has 0 spiro atoms. The number of aliphatic hydroxyl groups excluding tert-OH is 7. The molecule has 3 unspecified atom stereocenters. The molecule has 0 aromatic carbocycles. The minimum atomic E-state index is -2.10. The fourth-order valence-corrected chi connectivity index (χ4v) is 14.3. The molecule has 0 aromatic heterocycles. The maximum absolute atomic E-state index is 15.2. The Hall–Kier alpha value is -3.19. The summed E-state index contributed by atoms with van der Waals surface area (Å²) in [7, 11) is 0. The van der Waals surface area contributed by atoms with E-state index in [9.17, 15) is 70.2 Å². The fraction of sp³-hybridized carbons (Fsp3) is 0.854. The van der Waals surface area contributed by atoms with Crippen LogP contribution in [0.2, 0.25) is 0 Å². The van der Waals surface area contributed by atoms with Gasteiger partial charge in [0.1, 0.15) is 49.3 Å². The van der Waals surface area contributed by atoms with E-state index >= 15 is 4.79 Å². The van der Waals surface area contributed by atoms with Crippen molar-refractivity contribution in [1.29, 1.82) is 0 Å². The van der Waals surface area contributed by atoms with Gasteiger partial charge in [0.2, 0.25) is 6.29 Å². The molecule has 0 amide bonds. The van der Waals surface area contributed by atoms with Gasteiger partial charge in [-0.05, 0) is 103 Å². The summed E-state index contributed by atoms with van der Waals surface area (Å²) in [5.41, 5.74) is -3.04. The molecule has 10 N–H and O–H groups in total. The van der Waals surface area contributed by atoms with E-state index in [1.807, 2.05) is 13.8 Å². The monoisotopic (exact) mass is 984 g/mol. The van der Waals surface area contributed by atoms with E-state index in [0.717, 1.165) is 5.57 Å². The number of allylic oxidation sites excluding steroid dienone is 2. The number of carboxylic acid groups (broad SMARTS) is 3. The third-order valence-corrected chi connectivity index (χ3v) is 18.3. The zero-order valence-corrected chi connectivity index (χ0v) is 40.3. The van der Waals surface area contributed by atoms with Crippen molar-refractivity contribution in [2.45, 2.75) is 193 Å². The van der Waals surface area contributed by atoms with Gasteiger partial charge in [0.15, 0.2) is 30.6 Å². The first-order chi connectivity index (χ1) is 32.0. The molecular weight excluding hydrogens is 913 g/mol. The summed E-state index contributed by atoms with van der Waals surface area (Å²) in [6.07, 6.45) is -16.8. The number of ketones is 1. The van der Waals surface area contributed by atoms with Crippen LogP contribution in [0.4, 0.5) is 0 Å². The highest BCUT2D eigenvalue weighted by molar-refractivity contribution is 5.96. The quantitative estimate of drug-likeness (QED) is 0.0656. The molecule has 0 bridgehead atoms. The van der Waals surface area contributed by atoms with Crippen LogP contribution in [0.25, 0.3) is 0 Å². The number of rotatable bonds is 14. The van der Waals surface area contributed by atoms with Gasteiger partial charge in [0.05, 0.1) is 18.1 Å². The number of hydrogen-bond donors (Lipinski definition) is 10. The lowest BCUT2D eigenvalue weighted by Gasteiger charge is -2.70. The SMILES string of the molecule is CC1(C)CC[C@@]2(C(=O)O[C@@H]3O[C@H](CO)[C@@H](O)[C@H](O)[C@H]3O)CC[C@]3(C)C(=CC(=O)C4[C@@]5(C)CC[C@H](O[C@@H]6O[C@H](C(=O)O)[C@@H](O)[C@H](O)[C@H]6O[C@@H](C[C@@H](O)C(=O)O)OCC(=O)O)C(C)(C)C5CC[C@]43C)C2C1. The normalized spacial score (nSPS) is 45.5. The lowest BCUT2D eigenvalue weighted by Crippen LogP contribution is -2.68. The number of hydrogen-bond acceptors (Lipinski definition) is 18.